The molecule has 1 amide bonds. The quantitative estimate of drug-likeness (QED) is 0.717. The molecule has 0 spiro atoms. The van der Waals surface area contributed by atoms with E-state index in [1.165, 1.54) is 0 Å². The van der Waals surface area contributed by atoms with Gasteiger partial charge in [-0.25, -0.2) is 0 Å². The van der Waals surface area contributed by atoms with E-state index in [0.717, 1.165) is 0 Å². The number of methoxy groups -OCH3 is 1. The molecule has 0 fully saturated rings. The van der Waals surface area contributed by atoms with E-state index in [0.29, 0.717) is 13.0 Å². The molecule has 0 aromatic carbocycles. The van der Waals surface area contributed by atoms with Gasteiger partial charge < -0.3 is 15.8 Å². The predicted octanol–water partition coefficient (Wildman–Crippen LogP) is 0.901. The van der Waals surface area contributed by atoms with Gasteiger partial charge in [-0.05, 0) is 12.3 Å². The van der Waals surface area contributed by atoms with Gasteiger partial charge in [-0.15, -0.1) is 0 Å². The minimum absolute atomic E-state index is 0.00488. The zero-order valence-electron chi connectivity index (χ0n) is 10.5. The fraction of sp³-hybridized carbons (Fsp3) is 0.909. The Morgan fingerprint density at radius 3 is 2.33 bits per heavy atom. The van der Waals surface area contributed by atoms with Crippen LogP contribution in [0.1, 0.15) is 34.1 Å². The standard InChI is InChI=1S/C11H24N2O2/c1-8(11(2,3)4)13-10(14)6-9(7-12)15-5/h8-9H,6-7,12H2,1-5H3,(H,13,14). The van der Waals surface area contributed by atoms with Crippen LogP contribution in [0.5, 0.6) is 0 Å². The zero-order valence-corrected chi connectivity index (χ0v) is 10.5. The second-order valence-corrected chi connectivity index (χ2v) is 4.95. The highest BCUT2D eigenvalue weighted by Crippen LogP contribution is 2.18. The molecule has 4 nitrogen and oxygen atoms in total. The van der Waals surface area contributed by atoms with Crippen molar-refractivity contribution in [3.8, 4) is 0 Å². The summed E-state index contributed by atoms with van der Waals surface area (Å²) in [5.41, 5.74) is 5.51. The number of nitrogens with two attached hydrogens (primary N) is 1. The molecule has 0 saturated heterocycles. The van der Waals surface area contributed by atoms with E-state index in [4.69, 9.17) is 10.5 Å². The summed E-state index contributed by atoms with van der Waals surface area (Å²) in [5, 5.41) is 2.94. The lowest BCUT2D eigenvalue weighted by Gasteiger charge is -2.28. The Hall–Kier alpha value is -0.610. The maximum atomic E-state index is 11.6. The van der Waals surface area contributed by atoms with Crippen molar-refractivity contribution in [1.82, 2.24) is 5.32 Å². The van der Waals surface area contributed by atoms with E-state index >= 15 is 0 Å². The summed E-state index contributed by atoms with van der Waals surface area (Å²) in [6, 6.07) is 0.139. The van der Waals surface area contributed by atoms with Gasteiger partial charge >= 0.3 is 0 Å². The maximum absolute atomic E-state index is 11.6. The van der Waals surface area contributed by atoms with Crippen LogP contribution in [0.3, 0.4) is 0 Å². The minimum Gasteiger partial charge on any atom is -0.380 e. The molecule has 0 aliphatic carbocycles. The SMILES string of the molecule is COC(CN)CC(=O)NC(C)C(C)(C)C. The average Bonchev–Trinajstić information content (AvgIpc) is 2.12. The second kappa shape index (κ2) is 6.08. The van der Waals surface area contributed by atoms with Gasteiger partial charge in [-0.3, -0.25) is 4.79 Å². The van der Waals surface area contributed by atoms with Crippen molar-refractivity contribution < 1.29 is 9.53 Å². The lowest BCUT2D eigenvalue weighted by molar-refractivity contribution is -0.124. The number of rotatable bonds is 5. The fourth-order valence-electron chi connectivity index (χ4n) is 0.987. The van der Waals surface area contributed by atoms with Crippen LogP contribution in [0.15, 0.2) is 0 Å². The number of amides is 1. The molecule has 0 aliphatic rings. The molecule has 15 heavy (non-hydrogen) atoms. The third-order valence-corrected chi connectivity index (χ3v) is 2.69. The van der Waals surface area contributed by atoms with E-state index < -0.39 is 0 Å². The van der Waals surface area contributed by atoms with Crippen LogP contribution in [0.4, 0.5) is 0 Å². The molecule has 2 unspecified atom stereocenters. The normalized spacial score (nSPS) is 15.9. The highest BCUT2D eigenvalue weighted by molar-refractivity contribution is 5.76. The molecule has 0 heterocycles. The summed E-state index contributed by atoms with van der Waals surface area (Å²) in [6.45, 7) is 8.65. The van der Waals surface area contributed by atoms with Crippen LogP contribution in [0, 0.1) is 5.41 Å². The summed E-state index contributed by atoms with van der Waals surface area (Å²) in [6.07, 6.45) is 0.144. The number of carbonyl (C=O) groups is 1. The van der Waals surface area contributed by atoms with Gasteiger partial charge in [0, 0.05) is 19.7 Å². The molecule has 0 bridgehead atoms. The smallest absolute Gasteiger partial charge is 0.222 e. The average molecular weight is 216 g/mol. The first-order valence-electron chi connectivity index (χ1n) is 5.33. The monoisotopic (exact) mass is 216 g/mol. The first kappa shape index (κ1) is 14.4. The Morgan fingerprint density at radius 2 is 2.00 bits per heavy atom. The fourth-order valence-corrected chi connectivity index (χ4v) is 0.987. The summed E-state index contributed by atoms with van der Waals surface area (Å²) >= 11 is 0. The summed E-state index contributed by atoms with van der Waals surface area (Å²) in [7, 11) is 1.57. The van der Waals surface area contributed by atoms with Crippen LogP contribution in [-0.4, -0.2) is 31.7 Å². The van der Waals surface area contributed by atoms with Crippen molar-refractivity contribution in [3.63, 3.8) is 0 Å². The Balaban J connectivity index is 4.04. The van der Waals surface area contributed by atoms with Crippen LogP contribution in [0.25, 0.3) is 0 Å². The topological polar surface area (TPSA) is 64.3 Å². The van der Waals surface area contributed by atoms with Gasteiger partial charge in [-0.2, -0.15) is 0 Å². The van der Waals surface area contributed by atoms with Gasteiger partial charge in [-0.1, -0.05) is 20.8 Å². The molecule has 2 atom stereocenters. The van der Waals surface area contributed by atoms with Gasteiger partial charge in [0.15, 0.2) is 0 Å². The molecule has 0 aromatic rings. The largest absolute Gasteiger partial charge is 0.380 e. The number of hydrogen-bond donors (Lipinski definition) is 2. The molecule has 90 valence electrons. The highest BCUT2D eigenvalue weighted by Gasteiger charge is 2.22. The molecule has 0 aliphatic heterocycles. The highest BCUT2D eigenvalue weighted by atomic mass is 16.5. The number of nitrogens with one attached hydrogen (secondary N) is 1. The van der Waals surface area contributed by atoms with Crippen molar-refractivity contribution in [1.29, 1.82) is 0 Å². The van der Waals surface area contributed by atoms with E-state index in [2.05, 4.69) is 26.1 Å². The van der Waals surface area contributed by atoms with Crippen molar-refractivity contribution in [2.24, 2.45) is 11.1 Å². The van der Waals surface area contributed by atoms with Gasteiger partial charge in [0.05, 0.1) is 12.5 Å². The molecule has 0 rings (SSSR count). The Kier molecular flexibility index (Phi) is 5.83. The number of ether oxygens (including phenoxy) is 1. The predicted molar refractivity (Wildman–Crippen MR) is 61.5 cm³/mol. The number of carbonyl (C=O) groups excluding carboxylic acids is 1. The lowest BCUT2D eigenvalue weighted by Crippen LogP contribution is -2.43. The van der Waals surface area contributed by atoms with Gasteiger partial charge in [0.1, 0.15) is 0 Å². The van der Waals surface area contributed by atoms with Crippen molar-refractivity contribution in [3.05, 3.63) is 0 Å². The van der Waals surface area contributed by atoms with Crippen LogP contribution >= 0.6 is 0 Å². The number of hydrogen-bond acceptors (Lipinski definition) is 3. The second-order valence-electron chi connectivity index (χ2n) is 4.95. The molecule has 4 heteroatoms. The maximum Gasteiger partial charge on any atom is 0.222 e. The van der Waals surface area contributed by atoms with E-state index in [1.807, 2.05) is 6.92 Å². The van der Waals surface area contributed by atoms with E-state index in [-0.39, 0.29) is 23.5 Å². The van der Waals surface area contributed by atoms with E-state index in [1.54, 1.807) is 7.11 Å². The Bertz CT molecular complexity index is 195. The van der Waals surface area contributed by atoms with Crippen LogP contribution < -0.4 is 11.1 Å². The molecule has 3 N–H and O–H groups in total. The molecule has 0 aromatic heterocycles. The molecular formula is C11H24N2O2. The van der Waals surface area contributed by atoms with E-state index in [9.17, 15) is 4.79 Å². The van der Waals surface area contributed by atoms with Crippen LogP contribution in [0.2, 0.25) is 0 Å². The third-order valence-electron chi connectivity index (χ3n) is 2.69. The van der Waals surface area contributed by atoms with Crippen LogP contribution in [-0.2, 0) is 9.53 Å². The Labute approximate surface area is 92.6 Å². The molecule has 0 saturated carbocycles. The van der Waals surface area contributed by atoms with Gasteiger partial charge in [0.2, 0.25) is 5.91 Å². The first-order valence-corrected chi connectivity index (χ1v) is 5.33. The third kappa shape index (κ3) is 5.74. The molecule has 0 radical (unpaired) electrons. The molecular weight excluding hydrogens is 192 g/mol. The lowest BCUT2D eigenvalue weighted by atomic mass is 9.88. The summed E-state index contributed by atoms with van der Waals surface area (Å²) < 4.78 is 5.05. The van der Waals surface area contributed by atoms with Crippen molar-refractivity contribution >= 4 is 5.91 Å². The zero-order chi connectivity index (χ0) is 12.1. The summed E-state index contributed by atoms with van der Waals surface area (Å²) in [5.74, 6) is -0.00488. The van der Waals surface area contributed by atoms with Crippen molar-refractivity contribution in [2.75, 3.05) is 13.7 Å². The van der Waals surface area contributed by atoms with Gasteiger partial charge in [0.25, 0.3) is 0 Å². The van der Waals surface area contributed by atoms with Crippen molar-refractivity contribution in [2.45, 2.75) is 46.3 Å². The summed E-state index contributed by atoms with van der Waals surface area (Å²) in [4.78, 5) is 11.6. The minimum atomic E-state index is -0.183. The first-order chi connectivity index (χ1) is 6.81. The Morgan fingerprint density at radius 1 is 1.47 bits per heavy atom.